The number of nitrogens with one attached hydrogen (secondary N) is 2. The smallest absolute Gasteiger partial charge is 0.275 e. The van der Waals surface area contributed by atoms with Crippen molar-refractivity contribution in [1.29, 1.82) is 0 Å². The molecule has 1 amide bonds. The zero-order chi connectivity index (χ0) is 23.1. The van der Waals surface area contributed by atoms with Crippen LogP contribution in [0.15, 0.2) is 34.6 Å². The van der Waals surface area contributed by atoms with Crippen LogP contribution >= 0.6 is 11.3 Å². The van der Waals surface area contributed by atoms with E-state index in [4.69, 9.17) is 0 Å². The van der Waals surface area contributed by atoms with E-state index in [2.05, 4.69) is 30.1 Å². The van der Waals surface area contributed by atoms with E-state index in [1.54, 1.807) is 24.7 Å². The Morgan fingerprint density at radius 1 is 1.24 bits per heavy atom. The normalized spacial score (nSPS) is 14.8. The van der Waals surface area contributed by atoms with E-state index in [9.17, 15) is 14.0 Å². The summed E-state index contributed by atoms with van der Waals surface area (Å²) in [6.07, 6.45) is 0. The van der Waals surface area contributed by atoms with Gasteiger partial charge in [0.15, 0.2) is 0 Å². The number of thiazole rings is 1. The molecule has 0 bridgehead atoms. The van der Waals surface area contributed by atoms with Crippen molar-refractivity contribution in [3.05, 3.63) is 62.9 Å². The van der Waals surface area contributed by atoms with Crippen molar-refractivity contribution in [2.24, 2.45) is 0 Å². The monoisotopic (exact) mass is 466 g/mol. The molecule has 0 aliphatic carbocycles. The van der Waals surface area contributed by atoms with E-state index < -0.39 is 0 Å². The third-order valence-electron chi connectivity index (χ3n) is 6.04. The van der Waals surface area contributed by atoms with Crippen molar-refractivity contribution in [1.82, 2.24) is 25.2 Å². The van der Waals surface area contributed by atoms with Gasteiger partial charge in [-0.15, -0.1) is 11.3 Å². The van der Waals surface area contributed by atoms with E-state index in [0.717, 1.165) is 43.1 Å². The predicted molar refractivity (Wildman–Crippen MR) is 128 cm³/mol. The molecule has 0 spiro atoms. The lowest BCUT2D eigenvalue weighted by atomic mass is 10.1. The summed E-state index contributed by atoms with van der Waals surface area (Å²) in [5.74, 6) is -0.543. The summed E-state index contributed by atoms with van der Waals surface area (Å²) >= 11 is 1.28. The topological polar surface area (TPSA) is 94.2 Å². The number of fused-ring (bicyclic) bond motifs is 3. The molecule has 1 aliphatic heterocycles. The molecule has 8 nitrogen and oxygen atoms in total. The first kappa shape index (κ1) is 21.5. The second kappa shape index (κ2) is 8.53. The van der Waals surface area contributed by atoms with Crippen LogP contribution in [-0.4, -0.2) is 59.0 Å². The molecular formula is C23H23FN6O2S. The first-order valence-corrected chi connectivity index (χ1v) is 11.6. The SMILES string of the molecule is CNC(=O)c1ccc(N2CCN(Cc3cc(F)c4c(c3)[nH]c(=O)c3ncsc34)CC2)c(C)n1. The summed E-state index contributed by atoms with van der Waals surface area (Å²) < 4.78 is 15.6. The van der Waals surface area contributed by atoms with E-state index in [1.807, 2.05) is 19.1 Å². The van der Waals surface area contributed by atoms with Crippen molar-refractivity contribution in [2.75, 3.05) is 38.1 Å². The van der Waals surface area contributed by atoms with Crippen LogP contribution in [0.4, 0.5) is 10.1 Å². The number of H-pyrrole nitrogens is 1. The van der Waals surface area contributed by atoms with Crippen LogP contribution in [0.3, 0.4) is 0 Å². The standard InChI is InChI=1S/C23H23FN6O2S/c1-13-18(4-3-16(27-13)22(31)25-2)30-7-5-29(6-8-30)11-14-9-15(24)19-17(10-14)28-23(32)20-21(19)33-12-26-20/h3-4,9-10,12H,5-8,11H2,1-2H3,(H,25,31)(H,28,32). The number of benzene rings is 1. The number of carbonyl (C=O) groups excluding carboxylic acids is 1. The van der Waals surface area contributed by atoms with Gasteiger partial charge in [0.2, 0.25) is 0 Å². The lowest BCUT2D eigenvalue weighted by Gasteiger charge is -2.36. The van der Waals surface area contributed by atoms with Crippen molar-refractivity contribution in [3.63, 3.8) is 0 Å². The molecule has 0 radical (unpaired) electrons. The Kier molecular flexibility index (Phi) is 5.55. The first-order chi connectivity index (χ1) is 15.9. The van der Waals surface area contributed by atoms with Gasteiger partial charge < -0.3 is 15.2 Å². The molecular weight excluding hydrogens is 443 g/mol. The van der Waals surface area contributed by atoms with Crippen molar-refractivity contribution >= 4 is 44.1 Å². The Hall–Kier alpha value is -3.37. The van der Waals surface area contributed by atoms with Crippen LogP contribution in [0.1, 0.15) is 21.7 Å². The number of amides is 1. The Labute approximate surface area is 193 Å². The lowest BCUT2D eigenvalue weighted by Crippen LogP contribution is -2.46. The van der Waals surface area contributed by atoms with Gasteiger partial charge in [0, 0.05) is 39.8 Å². The Balaban J connectivity index is 1.31. The van der Waals surface area contributed by atoms with Gasteiger partial charge in [-0.05, 0) is 36.8 Å². The molecule has 5 rings (SSSR count). The molecule has 4 heterocycles. The number of aryl methyl sites for hydroxylation is 1. The van der Waals surface area contributed by atoms with Crippen LogP contribution in [0.25, 0.3) is 21.1 Å². The van der Waals surface area contributed by atoms with Gasteiger partial charge in [-0.25, -0.2) is 14.4 Å². The van der Waals surface area contributed by atoms with Crippen molar-refractivity contribution in [2.45, 2.75) is 13.5 Å². The number of piperazine rings is 1. The van der Waals surface area contributed by atoms with Crippen LogP contribution < -0.4 is 15.8 Å². The molecule has 2 N–H and O–H groups in total. The third kappa shape index (κ3) is 3.96. The Bertz CT molecular complexity index is 1420. The maximum absolute atomic E-state index is 15.0. The van der Waals surface area contributed by atoms with E-state index in [-0.39, 0.29) is 22.8 Å². The average Bonchev–Trinajstić information content (AvgIpc) is 3.29. The summed E-state index contributed by atoms with van der Waals surface area (Å²) in [6.45, 7) is 5.72. The highest BCUT2D eigenvalue weighted by molar-refractivity contribution is 7.17. The van der Waals surface area contributed by atoms with E-state index >= 15 is 0 Å². The number of halogens is 1. The average molecular weight is 467 g/mol. The lowest BCUT2D eigenvalue weighted by molar-refractivity contribution is 0.0958. The number of anilines is 1. The van der Waals surface area contributed by atoms with Gasteiger partial charge in [-0.3, -0.25) is 14.5 Å². The molecule has 1 fully saturated rings. The van der Waals surface area contributed by atoms with Crippen molar-refractivity contribution < 1.29 is 9.18 Å². The van der Waals surface area contributed by atoms with Gasteiger partial charge in [0.05, 0.1) is 32.5 Å². The highest BCUT2D eigenvalue weighted by Crippen LogP contribution is 2.28. The van der Waals surface area contributed by atoms with Crippen LogP contribution in [0, 0.1) is 12.7 Å². The zero-order valence-electron chi connectivity index (χ0n) is 18.3. The summed E-state index contributed by atoms with van der Waals surface area (Å²) in [7, 11) is 1.59. The third-order valence-corrected chi connectivity index (χ3v) is 6.89. The molecule has 170 valence electrons. The number of nitrogens with zero attached hydrogens (tertiary/aromatic N) is 4. The molecule has 0 unspecified atom stereocenters. The summed E-state index contributed by atoms with van der Waals surface area (Å²) in [6, 6.07) is 7.10. The van der Waals surface area contributed by atoms with Gasteiger partial charge in [0.1, 0.15) is 17.0 Å². The predicted octanol–water partition coefficient (Wildman–Crippen LogP) is 2.66. The van der Waals surface area contributed by atoms with E-state index in [1.165, 1.54) is 11.3 Å². The number of rotatable bonds is 4. The minimum absolute atomic E-state index is 0.200. The molecule has 1 saturated heterocycles. The number of hydrogen-bond acceptors (Lipinski definition) is 7. The molecule has 4 aromatic rings. The minimum Gasteiger partial charge on any atom is -0.368 e. The fourth-order valence-corrected chi connectivity index (χ4v) is 5.24. The quantitative estimate of drug-likeness (QED) is 0.480. The van der Waals surface area contributed by atoms with Gasteiger partial charge in [-0.2, -0.15) is 0 Å². The van der Waals surface area contributed by atoms with Gasteiger partial charge >= 0.3 is 0 Å². The maximum Gasteiger partial charge on any atom is 0.275 e. The summed E-state index contributed by atoms with van der Waals surface area (Å²) in [5.41, 5.74) is 5.12. The second-order valence-corrected chi connectivity index (χ2v) is 8.98. The van der Waals surface area contributed by atoms with Gasteiger partial charge in [-0.1, -0.05) is 0 Å². The molecule has 3 aromatic heterocycles. The molecule has 0 atom stereocenters. The van der Waals surface area contributed by atoms with Crippen LogP contribution in [-0.2, 0) is 6.54 Å². The largest absolute Gasteiger partial charge is 0.368 e. The fraction of sp³-hybridized carbons (Fsp3) is 0.304. The zero-order valence-corrected chi connectivity index (χ0v) is 19.1. The number of aromatic nitrogens is 3. The highest BCUT2D eigenvalue weighted by atomic mass is 32.1. The van der Waals surface area contributed by atoms with Crippen LogP contribution in [0.5, 0.6) is 0 Å². The molecule has 10 heteroatoms. The number of aromatic amines is 1. The summed E-state index contributed by atoms with van der Waals surface area (Å²) in [4.78, 5) is 39.8. The van der Waals surface area contributed by atoms with Gasteiger partial charge in [0.25, 0.3) is 11.5 Å². The fourth-order valence-electron chi connectivity index (χ4n) is 4.40. The maximum atomic E-state index is 15.0. The summed E-state index contributed by atoms with van der Waals surface area (Å²) in [5, 5.41) is 3.01. The second-order valence-electron chi connectivity index (χ2n) is 8.13. The highest BCUT2D eigenvalue weighted by Gasteiger charge is 2.21. The number of carbonyl (C=O) groups is 1. The van der Waals surface area contributed by atoms with Crippen LogP contribution in [0.2, 0.25) is 0 Å². The molecule has 0 saturated carbocycles. The molecule has 33 heavy (non-hydrogen) atoms. The minimum atomic E-state index is -0.343. The van der Waals surface area contributed by atoms with Crippen molar-refractivity contribution in [3.8, 4) is 0 Å². The number of hydrogen-bond donors (Lipinski definition) is 2. The Morgan fingerprint density at radius 2 is 2.03 bits per heavy atom. The van der Waals surface area contributed by atoms with E-state index in [0.29, 0.717) is 27.8 Å². The molecule has 1 aromatic carbocycles. The number of pyridine rings is 2. The molecule has 1 aliphatic rings. The first-order valence-electron chi connectivity index (χ1n) is 10.7. The Morgan fingerprint density at radius 3 is 2.76 bits per heavy atom.